The molecule has 1 aliphatic rings. The number of anilines is 2. The minimum Gasteiger partial charge on any atom is -0.393 e. The van der Waals surface area contributed by atoms with Crippen LogP contribution in [-0.4, -0.2) is 24.7 Å². The summed E-state index contributed by atoms with van der Waals surface area (Å²) in [6.07, 6.45) is 0.989. The van der Waals surface area contributed by atoms with Gasteiger partial charge in [-0.15, -0.1) is 0 Å². The number of para-hydroxylation sites is 1. The number of nitrogens with two attached hydrogens (primary N) is 1. The standard InChI is InChI=1S/C11H15N3O3/c12-9-2-1-3-10(11(9)14(15)16)13-6-8-4-5-17-7-8/h1-3,8,13H,4-7,12H2. The highest BCUT2D eigenvalue weighted by molar-refractivity contribution is 5.74. The van der Waals surface area contributed by atoms with Crippen LogP contribution in [0, 0.1) is 16.0 Å². The molecule has 1 aliphatic heterocycles. The third-order valence-corrected chi connectivity index (χ3v) is 2.85. The van der Waals surface area contributed by atoms with E-state index in [0.29, 0.717) is 24.8 Å². The van der Waals surface area contributed by atoms with Crippen LogP contribution < -0.4 is 11.1 Å². The van der Waals surface area contributed by atoms with E-state index in [1.165, 1.54) is 6.07 Å². The molecule has 1 fully saturated rings. The Labute approximate surface area is 98.9 Å². The molecule has 2 rings (SSSR count). The van der Waals surface area contributed by atoms with Crippen LogP contribution in [0.2, 0.25) is 0 Å². The minimum atomic E-state index is -0.456. The highest BCUT2D eigenvalue weighted by Crippen LogP contribution is 2.30. The van der Waals surface area contributed by atoms with Gasteiger partial charge in [0.05, 0.1) is 11.5 Å². The minimum absolute atomic E-state index is 0.0496. The number of hydrogen-bond donors (Lipinski definition) is 2. The van der Waals surface area contributed by atoms with Crippen LogP contribution in [0.25, 0.3) is 0 Å². The van der Waals surface area contributed by atoms with Gasteiger partial charge in [0.1, 0.15) is 11.4 Å². The van der Waals surface area contributed by atoms with Crippen molar-refractivity contribution in [3.05, 3.63) is 28.3 Å². The molecule has 1 heterocycles. The Morgan fingerprint density at radius 2 is 2.41 bits per heavy atom. The number of hydrogen-bond acceptors (Lipinski definition) is 5. The fourth-order valence-electron chi connectivity index (χ4n) is 1.91. The SMILES string of the molecule is Nc1cccc(NCC2CCOC2)c1[N+](=O)[O-]. The third kappa shape index (κ3) is 2.65. The summed E-state index contributed by atoms with van der Waals surface area (Å²) in [6.45, 7) is 2.15. The van der Waals surface area contributed by atoms with Crippen molar-refractivity contribution in [2.24, 2.45) is 5.92 Å². The van der Waals surface area contributed by atoms with Crippen molar-refractivity contribution in [1.82, 2.24) is 0 Å². The van der Waals surface area contributed by atoms with Gasteiger partial charge in [0.15, 0.2) is 0 Å². The Morgan fingerprint density at radius 1 is 1.59 bits per heavy atom. The van der Waals surface area contributed by atoms with Gasteiger partial charge in [-0.1, -0.05) is 6.07 Å². The molecule has 0 aromatic heterocycles. The first-order chi connectivity index (χ1) is 8.18. The molecule has 92 valence electrons. The number of rotatable bonds is 4. The molecule has 0 aliphatic carbocycles. The molecule has 3 N–H and O–H groups in total. The smallest absolute Gasteiger partial charge is 0.314 e. The zero-order valence-corrected chi connectivity index (χ0v) is 9.39. The van der Waals surface area contributed by atoms with Gasteiger partial charge >= 0.3 is 5.69 Å². The summed E-state index contributed by atoms with van der Waals surface area (Å²) < 4.78 is 5.25. The molecule has 0 spiro atoms. The van der Waals surface area contributed by atoms with E-state index >= 15 is 0 Å². The predicted octanol–water partition coefficient (Wildman–Crippen LogP) is 1.63. The number of nitrogens with zero attached hydrogens (tertiary/aromatic N) is 1. The van der Waals surface area contributed by atoms with E-state index in [9.17, 15) is 10.1 Å². The molecule has 1 aromatic carbocycles. The Bertz CT molecular complexity index is 416. The third-order valence-electron chi connectivity index (χ3n) is 2.85. The summed E-state index contributed by atoms with van der Waals surface area (Å²) in [5, 5.41) is 14.0. The average Bonchev–Trinajstić information content (AvgIpc) is 2.78. The maximum atomic E-state index is 10.9. The number of benzene rings is 1. The van der Waals surface area contributed by atoms with Gasteiger partial charge < -0.3 is 15.8 Å². The summed E-state index contributed by atoms with van der Waals surface area (Å²) in [5.41, 5.74) is 6.21. The molecule has 1 atom stereocenters. The van der Waals surface area contributed by atoms with Crippen molar-refractivity contribution in [1.29, 1.82) is 0 Å². The molecule has 1 saturated heterocycles. The van der Waals surface area contributed by atoms with E-state index in [4.69, 9.17) is 10.5 Å². The topological polar surface area (TPSA) is 90.4 Å². The first-order valence-electron chi connectivity index (χ1n) is 5.53. The number of nitrogens with one attached hydrogen (secondary N) is 1. The zero-order chi connectivity index (χ0) is 12.3. The van der Waals surface area contributed by atoms with Gasteiger partial charge in [-0.05, 0) is 18.6 Å². The van der Waals surface area contributed by atoms with Gasteiger partial charge in [-0.3, -0.25) is 10.1 Å². The van der Waals surface area contributed by atoms with Crippen LogP contribution in [0.3, 0.4) is 0 Å². The highest BCUT2D eigenvalue weighted by Gasteiger charge is 2.20. The number of nitro groups is 1. The molecule has 1 unspecified atom stereocenters. The second-order valence-corrected chi connectivity index (χ2v) is 4.11. The molecule has 6 nitrogen and oxygen atoms in total. The van der Waals surface area contributed by atoms with Crippen molar-refractivity contribution in [2.75, 3.05) is 30.8 Å². The Morgan fingerprint density at radius 3 is 3.06 bits per heavy atom. The van der Waals surface area contributed by atoms with Crippen LogP contribution >= 0.6 is 0 Å². The van der Waals surface area contributed by atoms with Gasteiger partial charge in [-0.25, -0.2) is 0 Å². The van der Waals surface area contributed by atoms with Gasteiger partial charge in [-0.2, -0.15) is 0 Å². The van der Waals surface area contributed by atoms with Crippen molar-refractivity contribution in [3.8, 4) is 0 Å². The molecule has 0 radical (unpaired) electrons. The first kappa shape index (κ1) is 11.7. The van der Waals surface area contributed by atoms with E-state index in [2.05, 4.69) is 5.32 Å². The lowest BCUT2D eigenvalue weighted by molar-refractivity contribution is -0.383. The molecule has 17 heavy (non-hydrogen) atoms. The molecule has 0 bridgehead atoms. The zero-order valence-electron chi connectivity index (χ0n) is 9.39. The average molecular weight is 237 g/mol. The monoisotopic (exact) mass is 237 g/mol. The summed E-state index contributed by atoms with van der Waals surface area (Å²) in [7, 11) is 0. The van der Waals surface area contributed by atoms with Gasteiger partial charge in [0.2, 0.25) is 0 Å². The normalized spacial score (nSPS) is 19.2. The lowest BCUT2D eigenvalue weighted by atomic mass is 10.1. The van der Waals surface area contributed by atoms with E-state index in [1.54, 1.807) is 12.1 Å². The first-order valence-corrected chi connectivity index (χ1v) is 5.53. The second kappa shape index (κ2) is 5.01. The van der Waals surface area contributed by atoms with Crippen LogP contribution in [0.15, 0.2) is 18.2 Å². The van der Waals surface area contributed by atoms with Crippen LogP contribution in [0.1, 0.15) is 6.42 Å². The van der Waals surface area contributed by atoms with Gasteiger partial charge in [0.25, 0.3) is 0 Å². The van der Waals surface area contributed by atoms with Crippen LogP contribution in [-0.2, 0) is 4.74 Å². The summed E-state index contributed by atoms with van der Waals surface area (Å²) in [4.78, 5) is 10.4. The van der Waals surface area contributed by atoms with Crippen molar-refractivity contribution in [2.45, 2.75) is 6.42 Å². The lowest BCUT2D eigenvalue weighted by Crippen LogP contribution is -2.15. The summed E-state index contributed by atoms with van der Waals surface area (Å²) in [6, 6.07) is 4.90. The highest BCUT2D eigenvalue weighted by atomic mass is 16.6. The van der Waals surface area contributed by atoms with Crippen LogP contribution in [0.5, 0.6) is 0 Å². The Hall–Kier alpha value is -1.82. The fourth-order valence-corrected chi connectivity index (χ4v) is 1.91. The van der Waals surface area contributed by atoms with E-state index in [-0.39, 0.29) is 11.4 Å². The Balaban J connectivity index is 2.09. The quantitative estimate of drug-likeness (QED) is 0.472. The van der Waals surface area contributed by atoms with Crippen molar-refractivity contribution >= 4 is 17.1 Å². The van der Waals surface area contributed by atoms with E-state index < -0.39 is 4.92 Å². The molecule has 0 saturated carbocycles. The molecular formula is C11H15N3O3. The molecule has 0 amide bonds. The number of ether oxygens (including phenoxy) is 1. The van der Waals surface area contributed by atoms with Crippen LogP contribution in [0.4, 0.5) is 17.1 Å². The fraction of sp³-hybridized carbons (Fsp3) is 0.455. The molecule has 1 aromatic rings. The van der Waals surface area contributed by atoms with E-state index in [1.807, 2.05) is 0 Å². The second-order valence-electron chi connectivity index (χ2n) is 4.11. The molecule has 6 heteroatoms. The lowest BCUT2D eigenvalue weighted by Gasteiger charge is -2.11. The Kier molecular flexibility index (Phi) is 3.43. The largest absolute Gasteiger partial charge is 0.393 e. The summed E-state index contributed by atoms with van der Waals surface area (Å²) >= 11 is 0. The maximum absolute atomic E-state index is 10.9. The molecular weight excluding hydrogens is 222 g/mol. The van der Waals surface area contributed by atoms with Crippen molar-refractivity contribution < 1.29 is 9.66 Å². The van der Waals surface area contributed by atoms with E-state index in [0.717, 1.165) is 13.0 Å². The number of nitrogen functional groups attached to an aromatic ring is 1. The van der Waals surface area contributed by atoms with Gasteiger partial charge in [0, 0.05) is 19.1 Å². The maximum Gasteiger partial charge on any atom is 0.314 e. The summed E-state index contributed by atoms with van der Waals surface area (Å²) in [5.74, 6) is 0.413. The number of nitro benzene ring substituents is 1. The van der Waals surface area contributed by atoms with Crippen molar-refractivity contribution in [3.63, 3.8) is 0 Å². The predicted molar refractivity (Wildman–Crippen MR) is 64.9 cm³/mol.